The summed E-state index contributed by atoms with van der Waals surface area (Å²) in [6, 6.07) is 0. The Hall–Kier alpha value is -1.92. The second kappa shape index (κ2) is 8.23. The summed E-state index contributed by atoms with van der Waals surface area (Å²) in [7, 11) is 0. The number of carbonyl (C=O) groups excluding carboxylic acids is 1. The Bertz CT molecular complexity index is 392. The number of aromatic amines is 1. The summed E-state index contributed by atoms with van der Waals surface area (Å²) in [4.78, 5) is 25.9. The van der Waals surface area contributed by atoms with Crippen LogP contribution in [0.4, 0.5) is 0 Å². The lowest BCUT2D eigenvalue weighted by atomic mass is 9.94. The number of nitrogens with zero attached hydrogens (tertiary/aromatic N) is 2. The van der Waals surface area contributed by atoms with Crippen molar-refractivity contribution < 1.29 is 14.7 Å². The average Bonchev–Trinajstić information content (AvgIpc) is 2.89. The van der Waals surface area contributed by atoms with Crippen LogP contribution in [-0.2, 0) is 4.79 Å². The Morgan fingerprint density at radius 2 is 2.21 bits per heavy atom. The van der Waals surface area contributed by atoms with E-state index < -0.39 is 5.97 Å². The number of amides is 1. The van der Waals surface area contributed by atoms with Crippen LogP contribution < -0.4 is 5.32 Å². The first-order valence-electron chi connectivity index (χ1n) is 6.48. The van der Waals surface area contributed by atoms with Crippen molar-refractivity contribution in [2.24, 2.45) is 5.92 Å². The van der Waals surface area contributed by atoms with Gasteiger partial charge in [-0.05, 0) is 18.8 Å². The molecule has 0 saturated carbocycles. The summed E-state index contributed by atoms with van der Waals surface area (Å²) in [5, 5.41) is 17.5. The molecule has 1 aromatic rings. The largest absolute Gasteiger partial charge is 0.481 e. The molecule has 0 saturated heterocycles. The van der Waals surface area contributed by atoms with Crippen LogP contribution in [0.25, 0.3) is 0 Å². The smallest absolute Gasteiger partial charge is 0.303 e. The lowest BCUT2D eigenvalue weighted by molar-refractivity contribution is -0.137. The molecule has 1 unspecified atom stereocenters. The Morgan fingerprint density at radius 1 is 1.42 bits per heavy atom. The molecule has 7 nitrogen and oxygen atoms in total. The second-order valence-electron chi connectivity index (χ2n) is 4.47. The third-order valence-electron chi connectivity index (χ3n) is 2.93. The third-order valence-corrected chi connectivity index (χ3v) is 2.93. The van der Waals surface area contributed by atoms with E-state index in [4.69, 9.17) is 5.11 Å². The van der Waals surface area contributed by atoms with Gasteiger partial charge in [-0.1, -0.05) is 19.8 Å². The molecule has 0 aromatic carbocycles. The number of hydrogen-bond acceptors (Lipinski definition) is 4. The fraction of sp³-hybridized carbons (Fsp3) is 0.667. The Kier molecular flexibility index (Phi) is 6.56. The van der Waals surface area contributed by atoms with Crippen molar-refractivity contribution in [2.45, 2.75) is 39.0 Å². The van der Waals surface area contributed by atoms with Crippen LogP contribution in [0.3, 0.4) is 0 Å². The normalized spacial score (nSPS) is 12.1. The van der Waals surface area contributed by atoms with E-state index in [0.717, 1.165) is 19.3 Å². The van der Waals surface area contributed by atoms with E-state index in [1.807, 2.05) is 0 Å². The van der Waals surface area contributed by atoms with Gasteiger partial charge in [0.1, 0.15) is 6.33 Å². The second-order valence-corrected chi connectivity index (χ2v) is 4.47. The molecule has 0 fully saturated rings. The molecule has 1 amide bonds. The van der Waals surface area contributed by atoms with Gasteiger partial charge in [-0.3, -0.25) is 14.7 Å². The van der Waals surface area contributed by atoms with Gasteiger partial charge < -0.3 is 10.4 Å². The van der Waals surface area contributed by atoms with Crippen molar-refractivity contribution >= 4 is 11.9 Å². The van der Waals surface area contributed by atoms with Crippen molar-refractivity contribution in [3.8, 4) is 0 Å². The monoisotopic (exact) mass is 268 g/mol. The van der Waals surface area contributed by atoms with Gasteiger partial charge in [0, 0.05) is 13.0 Å². The molecule has 0 aliphatic heterocycles. The third kappa shape index (κ3) is 5.98. The van der Waals surface area contributed by atoms with Crippen molar-refractivity contribution in [3.63, 3.8) is 0 Å². The molecule has 0 aliphatic rings. The van der Waals surface area contributed by atoms with Crippen LogP contribution in [-0.4, -0.2) is 38.7 Å². The minimum absolute atomic E-state index is 0.181. The van der Waals surface area contributed by atoms with Gasteiger partial charge in [-0.2, -0.15) is 5.10 Å². The maximum absolute atomic E-state index is 11.6. The van der Waals surface area contributed by atoms with Crippen molar-refractivity contribution in [1.29, 1.82) is 0 Å². The highest BCUT2D eigenvalue weighted by atomic mass is 16.4. The summed E-state index contributed by atoms with van der Waals surface area (Å²) < 4.78 is 0. The summed E-state index contributed by atoms with van der Waals surface area (Å²) in [5.74, 6) is -0.536. The highest BCUT2D eigenvalue weighted by molar-refractivity contribution is 5.90. The summed E-state index contributed by atoms with van der Waals surface area (Å²) in [5.41, 5.74) is 0. The van der Waals surface area contributed by atoms with E-state index in [2.05, 4.69) is 27.4 Å². The molecule has 1 atom stereocenters. The van der Waals surface area contributed by atoms with Crippen molar-refractivity contribution in [3.05, 3.63) is 12.2 Å². The van der Waals surface area contributed by atoms with E-state index in [0.29, 0.717) is 18.9 Å². The zero-order chi connectivity index (χ0) is 14.1. The highest BCUT2D eigenvalue weighted by Crippen LogP contribution is 2.17. The summed E-state index contributed by atoms with van der Waals surface area (Å²) in [6.45, 7) is 2.59. The number of H-pyrrole nitrogens is 1. The number of aliphatic carboxylic acids is 1. The molecule has 3 N–H and O–H groups in total. The number of carbonyl (C=O) groups is 2. The first-order valence-corrected chi connectivity index (χ1v) is 6.48. The fourth-order valence-electron chi connectivity index (χ4n) is 1.96. The van der Waals surface area contributed by atoms with Crippen LogP contribution in [0.5, 0.6) is 0 Å². The maximum Gasteiger partial charge on any atom is 0.303 e. The Morgan fingerprint density at radius 3 is 2.79 bits per heavy atom. The van der Waals surface area contributed by atoms with E-state index >= 15 is 0 Å². The lowest BCUT2D eigenvalue weighted by Gasteiger charge is -2.15. The van der Waals surface area contributed by atoms with Gasteiger partial charge in [-0.25, -0.2) is 4.98 Å². The van der Waals surface area contributed by atoms with Crippen LogP contribution in [0.1, 0.15) is 49.6 Å². The Labute approximate surface area is 111 Å². The maximum atomic E-state index is 11.6. The molecule has 0 spiro atoms. The number of hydrogen-bond donors (Lipinski definition) is 3. The van der Waals surface area contributed by atoms with E-state index in [1.165, 1.54) is 6.33 Å². The molecule has 19 heavy (non-hydrogen) atoms. The number of carboxylic acids is 1. The first kappa shape index (κ1) is 15.1. The Balaban J connectivity index is 2.27. The first-order chi connectivity index (χ1) is 9.13. The van der Waals surface area contributed by atoms with Crippen LogP contribution in [0.2, 0.25) is 0 Å². The molecule has 1 heterocycles. The lowest BCUT2D eigenvalue weighted by Crippen LogP contribution is -2.27. The SMILES string of the molecule is CCCC(CCNC(=O)c1ncn[nH]1)CCC(=O)O. The topological polar surface area (TPSA) is 108 Å². The minimum Gasteiger partial charge on any atom is -0.481 e. The fourth-order valence-corrected chi connectivity index (χ4v) is 1.96. The molecule has 0 bridgehead atoms. The standard InChI is InChI=1S/C12H20N4O3/c1-2-3-9(4-5-10(17)18)6-7-13-12(19)11-14-8-15-16-11/h8-9H,2-7H2,1H3,(H,13,19)(H,17,18)(H,14,15,16). The van der Waals surface area contributed by atoms with Crippen molar-refractivity contribution in [2.75, 3.05) is 6.54 Å². The molecule has 7 heteroatoms. The van der Waals surface area contributed by atoms with Gasteiger partial charge in [-0.15, -0.1) is 0 Å². The minimum atomic E-state index is -0.771. The van der Waals surface area contributed by atoms with Crippen LogP contribution >= 0.6 is 0 Å². The average molecular weight is 268 g/mol. The van der Waals surface area contributed by atoms with Gasteiger partial charge in [0.15, 0.2) is 0 Å². The van der Waals surface area contributed by atoms with Gasteiger partial charge >= 0.3 is 5.97 Å². The van der Waals surface area contributed by atoms with Crippen molar-refractivity contribution in [1.82, 2.24) is 20.5 Å². The van der Waals surface area contributed by atoms with Gasteiger partial charge in [0.05, 0.1) is 0 Å². The highest BCUT2D eigenvalue weighted by Gasteiger charge is 2.12. The number of rotatable bonds is 9. The number of aromatic nitrogens is 3. The quantitative estimate of drug-likeness (QED) is 0.623. The molecule has 0 radical (unpaired) electrons. The van der Waals surface area contributed by atoms with Gasteiger partial charge in [0.2, 0.25) is 5.82 Å². The molecular formula is C12H20N4O3. The zero-order valence-electron chi connectivity index (χ0n) is 11.1. The molecule has 1 rings (SSSR count). The zero-order valence-corrected chi connectivity index (χ0v) is 11.1. The molecule has 0 aliphatic carbocycles. The summed E-state index contributed by atoms with van der Waals surface area (Å²) in [6.07, 6.45) is 4.89. The van der Waals surface area contributed by atoms with E-state index in [9.17, 15) is 9.59 Å². The number of nitrogens with one attached hydrogen (secondary N) is 2. The van der Waals surface area contributed by atoms with E-state index in [1.54, 1.807) is 0 Å². The predicted octanol–water partition coefficient (Wildman–Crippen LogP) is 1.21. The van der Waals surface area contributed by atoms with Crippen LogP contribution in [0.15, 0.2) is 6.33 Å². The number of carboxylic acid groups (broad SMARTS) is 1. The molecule has 106 valence electrons. The summed E-state index contributed by atoms with van der Waals surface area (Å²) >= 11 is 0. The molecular weight excluding hydrogens is 248 g/mol. The van der Waals surface area contributed by atoms with Gasteiger partial charge in [0.25, 0.3) is 5.91 Å². The van der Waals surface area contributed by atoms with Crippen LogP contribution in [0, 0.1) is 5.92 Å². The predicted molar refractivity (Wildman–Crippen MR) is 68.6 cm³/mol. The molecule has 1 aromatic heterocycles. The van der Waals surface area contributed by atoms with E-state index in [-0.39, 0.29) is 18.2 Å².